The second-order valence-corrected chi connectivity index (χ2v) is 7.52. The van der Waals surface area contributed by atoms with Crippen molar-refractivity contribution in [2.24, 2.45) is 5.92 Å². The lowest BCUT2D eigenvalue weighted by Gasteiger charge is -2.32. The second kappa shape index (κ2) is 9.07. The fourth-order valence-electron chi connectivity index (χ4n) is 3.80. The Morgan fingerprint density at radius 1 is 1.16 bits per heavy atom. The first-order valence-corrected chi connectivity index (χ1v) is 10.1. The Bertz CT molecular complexity index is 1080. The van der Waals surface area contributed by atoms with Gasteiger partial charge in [-0.1, -0.05) is 17.3 Å². The number of rotatable bonds is 5. The normalized spacial score (nSPS) is 16.2. The summed E-state index contributed by atoms with van der Waals surface area (Å²) in [6.07, 6.45) is 2.32. The van der Waals surface area contributed by atoms with E-state index in [2.05, 4.69) is 14.9 Å². The molecule has 160 valence electrons. The second-order valence-electron chi connectivity index (χ2n) is 7.52. The maximum Gasteiger partial charge on any atom is 0.337 e. The highest BCUT2D eigenvalue weighted by Crippen LogP contribution is 2.24. The zero-order valence-corrected chi connectivity index (χ0v) is 17.1. The summed E-state index contributed by atoms with van der Waals surface area (Å²) in [5.41, 5.74) is 1.22. The summed E-state index contributed by atoms with van der Waals surface area (Å²) in [6, 6.07) is 12.7. The van der Waals surface area contributed by atoms with Gasteiger partial charge < -0.3 is 14.2 Å². The summed E-state index contributed by atoms with van der Waals surface area (Å²) < 4.78 is 24.0. The molecule has 1 aromatic heterocycles. The van der Waals surface area contributed by atoms with Crippen molar-refractivity contribution in [2.45, 2.75) is 19.3 Å². The van der Waals surface area contributed by atoms with Crippen molar-refractivity contribution in [1.82, 2.24) is 15.0 Å². The van der Waals surface area contributed by atoms with Gasteiger partial charge in [0.05, 0.1) is 18.2 Å². The molecule has 1 saturated heterocycles. The molecule has 1 fully saturated rings. The molecular formula is C23H22FN3O4. The molecule has 0 radical (unpaired) electrons. The summed E-state index contributed by atoms with van der Waals surface area (Å²) in [6.45, 7) is 1.23. The standard InChI is InChI=1S/C23H22FN3O4/c1-30-23(29)17-10-8-16(9-11-17)22(28)27-12-4-5-15(14-27)13-20-25-21(26-31-20)18-6-2-3-7-19(18)24/h2-3,6-11,15H,4-5,12-14H2,1H3. The number of esters is 1. The van der Waals surface area contributed by atoms with Crippen LogP contribution in [0.1, 0.15) is 39.4 Å². The third-order valence-corrected chi connectivity index (χ3v) is 5.41. The molecule has 0 spiro atoms. The molecule has 1 aliphatic heterocycles. The van der Waals surface area contributed by atoms with Crippen LogP contribution in [0.5, 0.6) is 0 Å². The van der Waals surface area contributed by atoms with Gasteiger partial charge in [-0.3, -0.25) is 4.79 Å². The Morgan fingerprint density at radius 2 is 1.90 bits per heavy atom. The maximum atomic E-state index is 13.9. The summed E-state index contributed by atoms with van der Waals surface area (Å²) in [5, 5.41) is 3.90. The minimum absolute atomic E-state index is 0.0845. The molecule has 2 aromatic carbocycles. The van der Waals surface area contributed by atoms with Crippen LogP contribution >= 0.6 is 0 Å². The highest BCUT2D eigenvalue weighted by Gasteiger charge is 2.26. The maximum absolute atomic E-state index is 13.9. The van der Waals surface area contributed by atoms with Gasteiger partial charge in [-0.25, -0.2) is 9.18 Å². The summed E-state index contributed by atoms with van der Waals surface area (Å²) >= 11 is 0. The van der Waals surface area contributed by atoms with Crippen molar-refractivity contribution in [3.8, 4) is 11.4 Å². The summed E-state index contributed by atoms with van der Waals surface area (Å²) in [7, 11) is 1.32. The van der Waals surface area contributed by atoms with E-state index >= 15 is 0 Å². The van der Waals surface area contributed by atoms with Crippen molar-refractivity contribution < 1.29 is 23.2 Å². The number of ether oxygens (including phenoxy) is 1. The van der Waals surface area contributed by atoms with Crippen LogP contribution in [-0.4, -0.2) is 47.1 Å². The molecule has 1 aliphatic rings. The van der Waals surface area contributed by atoms with E-state index in [-0.39, 0.29) is 17.6 Å². The lowest BCUT2D eigenvalue weighted by molar-refractivity contribution is 0.0598. The molecule has 8 heteroatoms. The quantitative estimate of drug-likeness (QED) is 0.581. The van der Waals surface area contributed by atoms with Gasteiger partial charge in [0, 0.05) is 25.1 Å². The molecule has 0 saturated carbocycles. The van der Waals surface area contributed by atoms with Gasteiger partial charge in [0.2, 0.25) is 11.7 Å². The zero-order chi connectivity index (χ0) is 21.8. The monoisotopic (exact) mass is 423 g/mol. The number of halogens is 1. The molecule has 7 nitrogen and oxygen atoms in total. The Labute approximate surface area is 178 Å². The van der Waals surface area contributed by atoms with Crippen molar-refractivity contribution >= 4 is 11.9 Å². The first-order chi connectivity index (χ1) is 15.0. The van der Waals surface area contributed by atoms with Crippen molar-refractivity contribution in [3.63, 3.8) is 0 Å². The van der Waals surface area contributed by atoms with Crippen LogP contribution < -0.4 is 0 Å². The minimum Gasteiger partial charge on any atom is -0.465 e. The third kappa shape index (κ3) is 4.63. The fourth-order valence-corrected chi connectivity index (χ4v) is 3.80. The average Bonchev–Trinajstić information content (AvgIpc) is 3.26. The number of benzene rings is 2. The van der Waals surface area contributed by atoms with Crippen molar-refractivity contribution in [2.75, 3.05) is 20.2 Å². The van der Waals surface area contributed by atoms with Gasteiger partial charge in [-0.15, -0.1) is 0 Å². The van der Waals surface area contributed by atoms with Gasteiger partial charge in [-0.05, 0) is 55.2 Å². The Kier molecular flexibility index (Phi) is 6.06. The minimum atomic E-state index is -0.439. The van der Waals surface area contributed by atoms with E-state index in [9.17, 15) is 14.0 Å². The van der Waals surface area contributed by atoms with E-state index < -0.39 is 11.8 Å². The van der Waals surface area contributed by atoms with Gasteiger partial charge in [0.25, 0.3) is 5.91 Å². The largest absolute Gasteiger partial charge is 0.465 e. The van der Waals surface area contributed by atoms with Gasteiger partial charge in [0.15, 0.2) is 0 Å². The number of hydrogen-bond acceptors (Lipinski definition) is 6. The van der Waals surface area contributed by atoms with Crippen LogP contribution in [0, 0.1) is 11.7 Å². The van der Waals surface area contributed by atoms with Crippen LogP contribution in [0.3, 0.4) is 0 Å². The van der Waals surface area contributed by atoms with Crippen LogP contribution in [0.15, 0.2) is 53.1 Å². The molecule has 31 heavy (non-hydrogen) atoms. The van der Waals surface area contributed by atoms with Crippen LogP contribution in [0.4, 0.5) is 4.39 Å². The lowest BCUT2D eigenvalue weighted by atomic mass is 9.94. The highest BCUT2D eigenvalue weighted by molar-refractivity contribution is 5.96. The van der Waals surface area contributed by atoms with Gasteiger partial charge in [0.1, 0.15) is 5.82 Å². The van der Waals surface area contributed by atoms with E-state index in [0.717, 1.165) is 12.8 Å². The van der Waals surface area contributed by atoms with Gasteiger partial charge in [-0.2, -0.15) is 4.98 Å². The number of nitrogens with zero attached hydrogens (tertiary/aromatic N) is 3. The number of methoxy groups -OCH3 is 1. The van der Waals surface area contributed by atoms with E-state index in [1.807, 2.05) is 0 Å². The van der Waals surface area contributed by atoms with E-state index in [4.69, 9.17) is 4.52 Å². The van der Waals surface area contributed by atoms with E-state index in [0.29, 0.717) is 42.1 Å². The third-order valence-electron chi connectivity index (χ3n) is 5.41. The molecule has 3 aromatic rings. The van der Waals surface area contributed by atoms with Crippen LogP contribution in [0.2, 0.25) is 0 Å². The number of hydrogen-bond donors (Lipinski definition) is 0. The molecule has 1 atom stereocenters. The molecule has 4 rings (SSSR count). The molecule has 0 aliphatic carbocycles. The topological polar surface area (TPSA) is 85.5 Å². The van der Waals surface area contributed by atoms with Crippen LogP contribution in [0.25, 0.3) is 11.4 Å². The molecular weight excluding hydrogens is 401 g/mol. The van der Waals surface area contributed by atoms with Crippen molar-refractivity contribution in [3.05, 3.63) is 71.4 Å². The Balaban J connectivity index is 1.40. The number of carbonyl (C=O) groups excluding carboxylic acids is 2. The Hall–Kier alpha value is -3.55. The molecule has 1 unspecified atom stereocenters. The molecule has 0 N–H and O–H groups in total. The van der Waals surface area contributed by atoms with Gasteiger partial charge >= 0.3 is 5.97 Å². The fraction of sp³-hybridized carbons (Fsp3) is 0.304. The number of carbonyl (C=O) groups is 2. The predicted molar refractivity (Wildman–Crippen MR) is 110 cm³/mol. The first kappa shape index (κ1) is 20.7. The number of aromatic nitrogens is 2. The predicted octanol–water partition coefficient (Wildman–Crippen LogP) is 3.76. The summed E-state index contributed by atoms with van der Waals surface area (Å²) in [5.74, 6) is -0.101. The highest BCUT2D eigenvalue weighted by atomic mass is 19.1. The van der Waals surface area contributed by atoms with Crippen LogP contribution in [-0.2, 0) is 11.2 Å². The number of likely N-dealkylation sites (tertiary alicyclic amines) is 1. The molecule has 2 heterocycles. The van der Waals surface area contributed by atoms with E-state index in [1.165, 1.54) is 13.2 Å². The number of piperidine rings is 1. The zero-order valence-electron chi connectivity index (χ0n) is 17.1. The first-order valence-electron chi connectivity index (χ1n) is 10.1. The van der Waals surface area contributed by atoms with E-state index in [1.54, 1.807) is 47.4 Å². The number of amides is 1. The average molecular weight is 423 g/mol. The summed E-state index contributed by atoms with van der Waals surface area (Å²) in [4.78, 5) is 30.6. The SMILES string of the molecule is COC(=O)c1ccc(C(=O)N2CCCC(Cc3nc(-c4ccccc4F)no3)C2)cc1. The molecule has 0 bridgehead atoms. The lowest BCUT2D eigenvalue weighted by Crippen LogP contribution is -2.40. The smallest absolute Gasteiger partial charge is 0.337 e. The molecule has 1 amide bonds. The van der Waals surface area contributed by atoms with Crippen molar-refractivity contribution in [1.29, 1.82) is 0 Å². The Morgan fingerprint density at radius 3 is 2.65 bits per heavy atom.